The van der Waals surface area contributed by atoms with E-state index >= 15 is 0 Å². The first kappa shape index (κ1) is 18.6. The summed E-state index contributed by atoms with van der Waals surface area (Å²) in [5, 5.41) is 1.26. The molecule has 0 aliphatic rings. The summed E-state index contributed by atoms with van der Waals surface area (Å²) in [5.41, 5.74) is 3.52. The lowest BCUT2D eigenvalue weighted by molar-refractivity contribution is 0.0496. The highest BCUT2D eigenvalue weighted by Crippen LogP contribution is 2.45. The Kier molecular flexibility index (Phi) is 6.53. The van der Waals surface area contributed by atoms with Crippen molar-refractivity contribution in [3.8, 4) is 5.75 Å². The highest BCUT2D eigenvalue weighted by Gasteiger charge is 2.26. The molecule has 2 aromatic rings. The molecule has 4 heteroatoms. The molecule has 0 heterocycles. The average molecular weight is 343 g/mol. The number of aryl methyl sites for hydroxylation is 1. The monoisotopic (exact) mass is 343 g/mol. The smallest absolute Gasteiger partial charge is 0.188 e. The molecule has 0 saturated heterocycles. The van der Waals surface area contributed by atoms with Gasteiger partial charge >= 0.3 is 0 Å². The van der Waals surface area contributed by atoms with Gasteiger partial charge in [0.15, 0.2) is 6.79 Å². The van der Waals surface area contributed by atoms with Crippen LogP contribution in [0.5, 0.6) is 5.75 Å². The van der Waals surface area contributed by atoms with Crippen molar-refractivity contribution in [2.75, 3.05) is 21.0 Å². The summed E-state index contributed by atoms with van der Waals surface area (Å²) in [6, 6.07) is 14.8. The van der Waals surface area contributed by atoms with Gasteiger partial charge in [0.25, 0.3) is 0 Å². The first-order chi connectivity index (χ1) is 11.5. The van der Waals surface area contributed by atoms with Crippen molar-refractivity contribution < 1.29 is 9.47 Å². The molecule has 0 saturated carbocycles. The van der Waals surface area contributed by atoms with E-state index in [1.165, 1.54) is 16.4 Å². The summed E-state index contributed by atoms with van der Waals surface area (Å²) in [6.45, 7) is 6.86. The van der Waals surface area contributed by atoms with E-state index in [1.54, 1.807) is 7.11 Å². The van der Waals surface area contributed by atoms with Gasteiger partial charge in [-0.3, -0.25) is 4.99 Å². The van der Waals surface area contributed by atoms with Gasteiger partial charge in [-0.15, -0.1) is 0 Å². The molecule has 0 aliphatic carbocycles. The molecule has 2 aromatic carbocycles. The minimum Gasteiger partial charge on any atom is -0.467 e. The summed E-state index contributed by atoms with van der Waals surface area (Å²) in [6.07, 6.45) is 1.93. The van der Waals surface area contributed by atoms with E-state index in [4.69, 9.17) is 9.47 Å². The van der Waals surface area contributed by atoms with Crippen LogP contribution in [-0.2, 0) is 9.89 Å². The third kappa shape index (κ3) is 4.43. The lowest BCUT2D eigenvalue weighted by Gasteiger charge is -2.29. The Balaban J connectivity index is 2.39. The van der Waals surface area contributed by atoms with Gasteiger partial charge < -0.3 is 9.47 Å². The molecule has 0 amide bonds. The molecule has 128 valence electrons. The molecule has 0 spiro atoms. The maximum Gasteiger partial charge on any atom is 0.188 e. The Morgan fingerprint density at radius 2 is 1.88 bits per heavy atom. The third-order valence-electron chi connectivity index (χ3n) is 3.88. The second-order valence-corrected chi connectivity index (χ2v) is 8.27. The van der Waals surface area contributed by atoms with Crippen molar-refractivity contribution >= 4 is 20.1 Å². The molecule has 2 rings (SSSR count). The van der Waals surface area contributed by atoms with Gasteiger partial charge in [0.1, 0.15) is 5.75 Å². The minimum absolute atomic E-state index is 0.0488. The van der Waals surface area contributed by atoms with Crippen LogP contribution in [0.15, 0.2) is 47.5 Å². The number of hydrogen-bond acceptors (Lipinski definition) is 3. The molecule has 1 atom stereocenters. The zero-order valence-corrected chi connectivity index (χ0v) is 16.1. The summed E-state index contributed by atoms with van der Waals surface area (Å²) in [4.78, 5) is 4.18. The Hall–Kier alpha value is -1.70. The van der Waals surface area contributed by atoms with E-state index in [0.717, 1.165) is 11.3 Å². The molecule has 0 radical (unpaired) electrons. The van der Waals surface area contributed by atoms with Crippen LogP contribution in [-0.4, -0.2) is 27.2 Å². The highest BCUT2D eigenvalue weighted by atomic mass is 31.1. The fourth-order valence-corrected chi connectivity index (χ4v) is 4.20. The number of hydrogen-bond donors (Lipinski definition) is 0. The molecule has 0 aromatic heterocycles. The van der Waals surface area contributed by atoms with Crippen molar-refractivity contribution in [1.29, 1.82) is 0 Å². The highest BCUT2D eigenvalue weighted by molar-refractivity contribution is 7.48. The lowest BCUT2D eigenvalue weighted by atomic mass is 9.98. The Labute approximate surface area is 146 Å². The number of ether oxygens (including phenoxy) is 2. The van der Waals surface area contributed by atoms with Crippen LogP contribution in [0.4, 0.5) is 0 Å². The SMILES string of the molecule is C/N=C/c1ccccc1PC(C)(C)c1cccc(C)c1OCOC. The van der Waals surface area contributed by atoms with Gasteiger partial charge in [-0.05, 0) is 23.4 Å². The van der Waals surface area contributed by atoms with Crippen LogP contribution in [0.2, 0.25) is 0 Å². The number of aliphatic imine (C=N–C) groups is 1. The lowest BCUT2D eigenvalue weighted by Crippen LogP contribution is -2.19. The van der Waals surface area contributed by atoms with Crippen molar-refractivity contribution in [1.82, 2.24) is 0 Å². The van der Waals surface area contributed by atoms with Crippen LogP contribution < -0.4 is 10.0 Å². The molecule has 0 N–H and O–H groups in total. The second kappa shape index (κ2) is 8.41. The molecule has 24 heavy (non-hydrogen) atoms. The summed E-state index contributed by atoms with van der Waals surface area (Å²) >= 11 is 0. The summed E-state index contributed by atoms with van der Waals surface area (Å²) in [7, 11) is 4.05. The van der Waals surface area contributed by atoms with E-state index in [2.05, 4.69) is 68.2 Å². The molecule has 0 aliphatic heterocycles. The van der Waals surface area contributed by atoms with Gasteiger partial charge in [0.05, 0.1) is 0 Å². The van der Waals surface area contributed by atoms with Gasteiger partial charge in [-0.25, -0.2) is 0 Å². The van der Waals surface area contributed by atoms with Crippen LogP contribution in [0.1, 0.15) is 30.5 Å². The molecular weight excluding hydrogens is 317 g/mol. The second-order valence-electron chi connectivity index (χ2n) is 6.23. The van der Waals surface area contributed by atoms with E-state index in [0.29, 0.717) is 8.58 Å². The molecular formula is C20H26NO2P. The number of nitrogens with zero attached hydrogens (tertiary/aromatic N) is 1. The summed E-state index contributed by atoms with van der Waals surface area (Å²) in [5.74, 6) is 0.929. The molecule has 3 nitrogen and oxygen atoms in total. The number of benzene rings is 2. The van der Waals surface area contributed by atoms with Crippen molar-refractivity contribution in [3.05, 3.63) is 59.2 Å². The first-order valence-electron chi connectivity index (χ1n) is 8.01. The van der Waals surface area contributed by atoms with Crippen LogP contribution in [0.3, 0.4) is 0 Å². The first-order valence-corrected chi connectivity index (χ1v) is 9.01. The summed E-state index contributed by atoms with van der Waals surface area (Å²) < 4.78 is 11.0. The maximum atomic E-state index is 5.87. The van der Waals surface area contributed by atoms with Gasteiger partial charge in [-0.2, -0.15) is 0 Å². The van der Waals surface area contributed by atoms with Crippen LogP contribution in [0.25, 0.3) is 0 Å². The molecule has 1 unspecified atom stereocenters. The molecule has 0 bridgehead atoms. The standard InChI is InChI=1S/C20H26NO2P/c1-15-9-8-11-17(19(15)23-14-22-5)20(2,3)24-18-12-7-6-10-16(18)13-21-4/h6-13,24H,14H2,1-5H3/b21-13+. The number of methoxy groups -OCH3 is 1. The van der Waals surface area contributed by atoms with E-state index in [-0.39, 0.29) is 11.9 Å². The number of rotatable bonds is 7. The van der Waals surface area contributed by atoms with Crippen LogP contribution in [0, 0.1) is 6.92 Å². The van der Waals surface area contributed by atoms with Crippen LogP contribution >= 0.6 is 8.58 Å². The van der Waals surface area contributed by atoms with Gasteiger partial charge in [-0.1, -0.05) is 64.9 Å². The van der Waals surface area contributed by atoms with Gasteiger partial charge in [0, 0.05) is 31.1 Å². The predicted molar refractivity (Wildman–Crippen MR) is 105 cm³/mol. The fraction of sp³-hybridized carbons (Fsp3) is 0.350. The van der Waals surface area contributed by atoms with E-state index < -0.39 is 0 Å². The zero-order chi connectivity index (χ0) is 17.6. The normalized spacial score (nSPS) is 12.4. The Bertz CT molecular complexity index is 711. The fourth-order valence-electron chi connectivity index (χ4n) is 2.72. The quantitative estimate of drug-likeness (QED) is 0.427. The zero-order valence-electron chi connectivity index (χ0n) is 15.1. The third-order valence-corrected chi connectivity index (χ3v) is 5.50. The topological polar surface area (TPSA) is 30.8 Å². The van der Waals surface area contributed by atoms with E-state index in [9.17, 15) is 0 Å². The van der Waals surface area contributed by atoms with Crippen molar-refractivity contribution in [2.24, 2.45) is 4.99 Å². The maximum absolute atomic E-state index is 5.87. The molecule has 0 fully saturated rings. The van der Waals surface area contributed by atoms with E-state index in [1.807, 2.05) is 13.3 Å². The largest absolute Gasteiger partial charge is 0.467 e. The predicted octanol–water partition coefficient (Wildman–Crippen LogP) is 4.27. The minimum atomic E-state index is -0.0488. The number of para-hydroxylation sites is 1. The Morgan fingerprint density at radius 1 is 1.12 bits per heavy atom. The Morgan fingerprint density at radius 3 is 2.58 bits per heavy atom. The van der Waals surface area contributed by atoms with Crippen molar-refractivity contribution in [3.63, 3.8) is 0 Å². The van der Waals surface area contributed by atoms with Gasteiger partial charge in [0.2, 0.25) is 0 Å². The average Bonchev–Trinajstić information content (AvgIpc) is 2.55. The van der Waals surface area contributed by atoms with Crippen molar-refractivity contribution in [2.45, 2.75) is 25.9 Å².